The van der Waals surface area contributed by atoms with Gasteiger partial charge in [0.15, 0.2) is 0 Å². The predicted octanol–water partition coefficient (Wildman–Crippen LogP) is 0.968. The molecule has 1 rings (SSSR count). The van der Waals surface area contributed by atoms with E-state index < -0.39 is 0 Å². The van der Waals surface area contributed by atoms with Gasteiger partial charge in [0.25, 0.3) is 0 Å². The number of carbonyl (C=O) groups excluding carboxylic acids is 2. The minimum Gasteiger partial charge on any atom is -0.350 e. The molecule has 0 aliphatic heterocycles. The van der Waals surface area contributed by atoms with Gasteiger partial charge in [-0.15, -0.1) is 0 Å². The highest BCUT2D eigenvalue weighted by molar-refractivity contribution is 5.84. The molecule has 0 saturated heterocycles. The van der Waals surface area contributed by atoms with Crippen molar-refractivity contribution in [3.8, 4) is 0 Å². The zero-order chi connectivity index (χ0) is 12.7. The highest BCUT2D eigenvalue weighted by atomic mass is 19.1. The normalized spacial score (nSPS) is 9.76. The van der Waals surface area contributed by atoms with Crippen LogP contribution in [0.1, 0.15) is 18.9 Å². The van der Waals surface area contributed by atoms with Crippen LogP contribution in [0.5, 0.6) is 0 Å². The van der Waals surface area contributed by atoms with Gasteiger partial charge in [-0.25, -0.2) is 4.39 Å². The molecule has 0 atom stereocenters. The Balaban J connectivity index is 2.28. The summed E-state index contributed by atoms with van der Waals surface area (Å²) in [4.78, 5) is 22.2. The van der Waals surface area contributed by atoms with Crippen molar-refractivity contribution in [2.24, 2.45) is 0 Å². The fraction of sp³-hybridized carbons (Fsp3) is 0.333. The van der Waals surface area contributed by atoms with Gasteiger partial charge in [-0.05, 0) is 17.7 Å². The number of amides is 2. The molecule has 0 fully saturated rings. The first-order chi connectivity index (χ1) is 8.11. The van der Waals surface area contributed by atoms with E-state index in [2.05, 4.69) is 10.6 Å². The first-order valence-corrected chi connectivity index (χ1v) is 5.39. The first-order valence-electron chi connectivity index (χ1n) is 5.39. The standard InChI is InChI=1S/C12H15FN2O2/c1-2-11(16)15-8-12(17)14-7-9-3-5-10(13)6-4-9/h3-6H,2,7-8H2,1H3,(H,14,17)(H,15,16). The van der Waals surface area contributed by atoms with Crippen molar-refractivity contribution >= 4 is 11.8 Å². The molecule has 0 saturated carbocycles. The van der Waals surface area contributed by atoms with Crippen molar-refractivity contribution < 1.29 is 14.0 Å². The van der Waals surface area contributed by atoms with E-state index in [1.54, 1.807) is 19.1 Å². The summed E-state index contributed by atoms with van der Waals surface area (Å²) in [6.45, 7) is 2.00. The van der Waals surface area contributed by atoms with Crippen molar-refractivity contribution in [2.45, 2.75) is 19.9 Å². The fourth-order valence-electron chi connectivity index (χ4n) is 1.17. The van der Waals surface area contributed by atoms with Crippen LogP contribution in [0.4, 0.5) is 4.39 Å². The molecule has 5 heteroatoms. The highest BCUT2D eigenvalue weighted by Crippen LogP contribution is 2.01. The van der Waals surface area contributed by atoms with Gasteiger partial charge in [0, 0.05) is 13.0 Å². The molecule has 0 aliphatic carbocycles. The molecule has 0 aliphatic rings. The monoisotopic (exact) mass is 238 g/mol. The van der Waals surface area contributed by atoms with Crippen LogP contribution in [0.3, 0.4) is 0 Å². The smallest absolute Gasteiger partial charge is 0.239 e. The Labute approximate surface area is 99.2 Å². The summed E-state index contributed by atoms with van der Waals surface area (Å²) >= 11 is 0. The minimum absolute atomic E-state index is 0.0339. The Hall–Kier alpha value is -1.91. The van der Waals surface area contributed by atoms with Crippen LogP contribution in [-0.4, -0.2) is 18.4 Å². The first kappa shape index (κ1) is 13.2. The van der Waals surface area contributed by atoms with Crippen molar-refractivity contribution in [2.75, 3.05) is 6.54 Å². The van der Waals surface area contributed by atoms with Crippen LogP contribution >= 0.6 is 0 Å². The lowest BCUT2D eigenvalue weighted by Gasteiger charge is -2.06. The summed E-state index contributed by atoms with van der Waals surface area (Å²) in [5.41, 5.74) is 0.807. The molecule has 4 nitrogen and oxygen atoms in total. The van der Waals surface area contributed by atoms with Crippen LogP contribution in [0, 0.1) is 5.82 Å². The topological polar surface area (TPSA) is 58.2 Å². The molecule has 1 aromatic rings. The molecular formula is C12H15FN2O2. The SMILES string of the molecule is CCC(=O)NCC(=O)NCc1ccc(F)cc1. The van der Waals surface area contributed by atoms with Gasteiger partial charge in [0.05, 0.1) is 6.54 Å². The van der Waals surface area contributed by atoms with Crippen molar-refractivity contribution in [3.63, 3.8) is 0 Å². The second kappa shape index (κ2) is 6.62. The maximum absolute atomic E-state index is 12.6. The lowest BCUT2D eigenvalue weighted by Crippen LogP contribution is -2.36. The lowest BCUT2D eigenvalue weighted by molar-refractivity contribution is -0.126. The maximum atomic E-state index is 12.6. The van der Waals surface area contributed by atoms with Crippen LogP contribution in [0.25, 0.3) is 0 Å². The van der Waals surface area contributed by atoms with Gasteiger partial charge in [-0.1, -0.05) is 19.1 Å². The zero-order valence-electron chi connectivity index (χ0n) is 9.63. The Morgan fingerprint density at radius 2 is 1.76 bits per heavy atom. The maximum Gasteiger partial charge on any atom is 0.239 e. The van der Waals surface area contributed by atoms with E-state index in [4.69, 9.17) is 0 Å². The van der Waals surface area contributed by atoms with Crippen LogP contribution in [0.2, 0.25) is 0 Å². The molecule has 92 valence electrons. The van der Waals surface area contributed by atoms with Crippen molar-refractivity contribution in [3.05, 3.63) is 35.6 Å². The van der Waals surface area contributed by atoms with E-state index in [1.807, 2.05) is 0 Å². The van der Waals surface area contributed by atoms with Crippen LogP contribution in [0.15, 0.2) is 24.3 Å². The second-order valence-corrected chi connectivity index (χ2v) is 3.53. The third-order valence-electron chi connectivity index (χ3n) is 2.17. The number of hydrogen-bond acceptors (Lipinski definition) is 2. The molecule has 0 heterocycles. The van der Waals surface area contributed by atoms with E-state index in [0.717, 1.165) is 5.56 Å². The summed E-state index contributed by atoms with van der Waals surface area (Å²) in [6, 6.07) is 5.86. The number of benzene rings is 1. The molecule has 2 amide bonds. The Kier molecular flexibility index (Phi) is 5.13. The fourth-order valence-corrected chi connectivity index (χ4v) is 1.17. The van der Waals surface area contributed by atoms with Gasteiger partial charge in [0.1, 0.15) is 5.82 Å². The van der Waals surface area contributed by atoms with E-state index in [0.29, 0.717) is 13.0 Å². The van der Waals surface area contributed by atoms with Crippen LogP contribution in [-0.2, 0) is 16.1 Å². The largest absolute Gasteiger partial charge is 0.350 e. The molecule has 2 N–H and O–H groups in total. The summed E-state index contributed by atoms with van der Waals surface area (Å²) in [6.07, 6.45) is 0.352. The Morgan fingerprint density at radius 1 is 1.12 bits per heavy atom. The second-order valence-electron chi connectivity index (χ2n) is 3.53. The number of hydrogen-bond donors (Lipinski definition) is 2. The number of nitrogens with one attached hydrogen (secondary N) is 2. The van der Waals surface area contributed by atoms with Gasteiger partial charge in [0.2, 0.25) is 11.8 Å². The number of rotatable bonds is 5. The van der Waals surface area contributed by atoms with Gasteiger partial charge >= 0.3 is 0 Å². The summed E-state index contributed by atoms with van der Waals surface area (Å²) in [5, 5.41) is 5.09. The van der Waals surface area contributed by atoms with Gasteiger partial charge < -0.3 is 10.6 Å². The zero-order valence-corrected chi connectivity index (χ0v) is 9.63. The molecule has 0 aromatic heterocycles. The minimum atomic E-state index is -0.310. The van der Waals surface area contributed by atoms with E-state index >= 15 is 0 Å². The number of carbonyl (C=O) groups is 2. The Bertz CT molecular complexity index is 390. The van der Waals surface area contributed by atoms with Gasteiger partial charge in [-0.3, -0.25) is 9.59 Å². The van der Waals surface area contributed by atoms with Gasteiger partial charge in [-0.2, -0.15) is 0 Å². The Morgan fingerprint density at radius 3 is 2.35 bits per heavy atom. The molecule has 0 bridgehead atoms. The van der Waals surface area contributed by atoms with E-state index in [-0.39, 0.29) is 24.2 Å². The lowest BCUT2D eigenvalue weighted by atomic mass is 10.2. The van der Waals surface area contributed by atoms with E-state index in [9.17, 15) is 14.0 Å². The van der Waals surface area contributed by atoms with E-state index in [1.165, 1.54) is 12.1 Å². The molecule has 0 unspecified atom stereocenters. The average Bonchev–Trinajstić information content (AvgIpc) is 2.35. The highest BCUT2D eigenvalue weighted by Gasteiger charge is 2.03. The van der Waals surface area contributed by atoms with Crippen molar-refractivity contribution in [1.82, 2.24) is 10.6 Å². The molecule has 0 radical (unpaired) electrons. The van der Waals surface area contributed by atoms with Crippen molar-refractivity contribution in [1.29, 1.82) is 0 Å². The third-order valence-corrected chi connectivity index (χ3v) is 2.17. The summed E-state index contributed by atoms with van der Waals surface area (Å²) in [5.74, 6) is -0.742. The number of halogens is 1. The average molecular weight is 238 g/mol. The third kappa shape index (κ3) is 5.10. The molecule has 17 heavy (non-hydrogen) atoms. The molecular weight excluding hydrogens is 223 g/mol. The quantitative estimate of drug-likeness (QED) is 0.803. The molecule has 1 aromatic carbocycles. The molecule has 0 spiro atoms. The summed E-state index contributed by atoms with van der Waals surface area (Å²) < 4.78 is 12.6. The predicted molar refractivity (Wildman–Crippen MR) is 61.5 cm³/mol. The van der Waals surface area contributed by atoms with Crippen LogP contribution < -0.4 is 10.6 Å². The summed E-state index contributed by atoms with van der Waals surface area (Å²) in [7, 11) is 0.